The van der Waals surface area contributed by atoms with Crippen molar-refractivity contribution in [2.45, 2.75) is 0 Å². The molecule has 24 heavy (non-hydrogen) atoms. The lowest BCUT2D eigenvalue weighted by Gasteiger charge is -2.16. The van der Waals surface area contributed by atoms with Gasteiger partial charge in [-0.1, -0.05) is 12.7 Å². The molecular weight excluding hydrogens is 320 g/mol. The zero-order chi connectivity index (χ0) is 18.4. The summed E-state index contributed by atoms with van der Waals surface area (Å²) in [4.78, 5) is 48.5. The zero-order valence-electron chi connectivity index (χ0n) is 13.6. The first-order valence-corrected chi connectivity index (χ1v) is 6.54. The highest BCUT2D eigenvalue weighted by Crippen LogP contribution is 2.28. The van der Waals surface area contributed by atoms with Crippen molar-refractivity contribution in [2.24, 2.45) is 0 Å². The second-order valence-electron chi connectivity index (χ2n) is 4.31. The van der Waals surface area contributed by atoms with Crippen molar-refractivity contribution >= 4 is 30.0 Å². The van der Waals surface area contributed by atoms with E-state index in [4.69, 9.17) is 0 Å². The van der Waals surface area contributed by atoms with Gasteiger partial charge in [0.1, 0.15) is 0 Å². The van der Waals surface area contributed by atoms with Crippen molar-refractivity contribution in [3.8, 4) is 0 Å². The van der Waals surface area contributed by atoms with Gasteiger partial charge in [0.25, 0.3) is 0 Å². The first-order valence-electron chi connectivity index (χ1n) is 6.54. The van der Waals surface area contributed by atoms with Crippen LogP contribution in [-0.2, 0) is 18.9 Å². The number of hydrogen-bond donors (Lipinski definition) is 0. The Morgan fingerprint density at radius 1 is 0.750 bits per heavy atom. The van der Waals surface area contributed by atoms with Gasteiger partial charge in [-0.25, -0.2) is 19.2 Å². The summed E-state index contributed by atoms with van der Waals surface area (Å²) >= 11 is 0. The topological polar surface area (TPSA) is 105 Å². The third-order valence-corrected chi connectivity index (χ3v) is 3.15. The highest BCUT2D eigenvalue weighted by atomic mass is 16.5. The fraction of sp³-hybridized carbons (Fsp3) is 0.250. The molecule has 0 bridgehead atoms. The number of hydrogen-bond acceptors (Lipinski definition) is 8. The van der Waals surface area contributed by atoms with Crippen LogP contribution in [0.4, 0.5) is 0 Å². The Bertz CT molecular complexity index is 717. The van der Waals surface area contributed by atoms with Crippen molar-refractivity contribution in [3.05, 3.63) is 40.5 Å². The van der Waals surface area contributed by atoms with Gasteiger partial charge in [-0.15, -0.1) is 0 Å². The molecule has 0 fully saturated rings. The Balaban J connectivity index is 4.08. The molecule has 0 unspecified atom stereocenters. The number of methoxy groups -OCH3 is 4. The quantitative estimate of drug-likeness (QED) is 0.588. The highest BCUT2D eigenvalue weighted by Gasteiger charge is 2.33. The molecule has 0 aliphatic rings. The molecule has 128 valence electrons. The first-order chi connectivity index (χ1) is 11.4. The van der Waals surface area contributed by atoms with Gasteiger partial charge in [0.15, 0.2) is 0 Å². The predicted octanol–water partition coefficient (Wildman–Crippen LogP) is 1.48. The van der Waals surface area contributed by atoms with Crippen LogP contribution < -0.4 is 0 Å². The molecule has 0 aliphatic heterocycles. The molecule has 0 atom stereocenters. The lowest BCUT2D eigenvalue weighted by Crippen LogP contribution is -2.23. The average Bonchev–Trinajstić information content (AvgIpc) is 2.63. The molecule has 0 saturated carbocycles. The molecule has 8 nitrogen and oxygen atoms in total. The van der Waals surface area contributed by atoms with Crippen LogP contribution in [0.15, 0.2) is 12.6 Å². The van der Waals surface area contributed by atoms with E-state index in [-0.39, 0.29) is 16.7 Å². The van der Waals surface area contributed by atoms with Crippen molar-refractivity contribution in [1.82, 2.24) is 0 Å². The molecule has 1 rings (SSSR count). The molecule has 0 saturated heterocycles. The van der Waals surface area contributed by atoms with Gasteiger partial charge < -0.3 is 18.9 Å². The molecule has 1 aromatic carbocycles. The van der Waals surface area contributed by atoms with E-state index in [1.807, 2.05) is 0 Å². The normalized spacial score (nSPS) is 9.67. The molecule has 1 aromatic rings. The summed E-state index contributed by atoms with van der Waals surface area (Å²) in [6.07, 6.45) is 1.23. The zero-order valence-corrected chi connectivity index (χ0v) is 13.6. The minimum Gasteiger partial charge on any atom is -0.465 e. The van der Waals surface area contributed by atoms with Crippen LogP contribution in [0.2, 0.25) is 0 Å². The monoisotopic (exact) mass is 336 g/mol. The summed E-state index contributed by atoms with van der Waals surface area (Å²) in [7, 11) is 4.32. The van der Waals surface area contributed by atoms with E-state index < -0.39 is 35.0 Å². The predicted molar refractivity (Wildman–Crippen MR) is 81.9 cm³/mol. The van der Waals surface area contributed by atoms with Crippen molar-refractivity contribution in [2.75, 3.05) is 28.4 Å². The van der Waals surface area contributed by atoms with E-state index >= 15 is 0 Å². The van der Waals surface area contributed by atoms with E-state index in [0.717, 1.165) is 28.4 Å². The minimum atomic E-state index is -1.02. The number of esters is 4. The van der Waals surface area contributed by atoms with Gasteiger partial charge in [-0.2, -0.15) is 0 Å². The Morgan fingerprint density at radius 3 is 1.58 bits per heavy atom. The number of rotatable bonds is 5. The SMILES string of the molecule is C=Cc1cc(C(=O)OC)c(C(=O)OC)c(C(=O)OC)c1C(=O)OC. The third-order valence-electron chi connectivity index (χ3n) is 3.15. The Labute approximate surface area is 137 Å². The summed E-state index contributed by atoms with van der Waals surface area (Å²) in [5.41, 5.74) is -1.37. The summed E-state index contributed by atoms with van der Waals surface area (Å²) < 4.78 is 18.5. The largest absolute Gasteiger partial charge is 0.465 e. The number of ether oxygens (including phenoxy) is 4. The van der Waals surface area contributed by atoms with E-state index in [9.17, 15) is 19.2 Å². The summed E-state index contributed by atoms with van der Waals surface area (Å²) in [5, 5.41) is 0. The molecule has 8 heteroatoms. The fourth-order valence-corrected chi connectivity index (χ4v) is 2.08. The molecule has 0 spiro atoms. The van der Waals surface area contributed by atoms with Gasteiger partial charge in [-0.05, 0) is 11.6 Å². The molecular formula is C16H16O8. The maximum Gasteiger partial charge on any atom is 0.339 e. The highest BCUT2D eigenvalue weighted by molar-refractivity contribution is 6.16. The average molecular weight is 336 g/mol. The molecule has 0 amide bonds. The van der Waals surface area contributed by atoms with Crippen LogP contribution >= 0.6 is 0 Å². The molecule has 0 aromatic heterocycles. The van der Waals surface area contributed by atoms with Gasteiger partial charge in [0.05, 0.1) is 50.7 Å². The molecule has 0 aliphatic carbocycles. The summed E-state index contributed by atoms with van der Waals surface area (Å²) in [6, 6.07) is 1.18. The van der Waals surface area contributed by atoms with Gasteiger partial charge in [0.2, 0.25) is 0 Å². The van der Waals surface area contributed by atoms with E-state index in [0.29, 0.717) is 0 Å². The molecule has 0 radical (unpaired) electrons. The summed E-state index contributed by atoms with van der Waals surface area (Å²) in [5.74, 6) is -3.85. The second-order valence-corrected chi connectivity index (χ2v) is 4.31. The lowest BCUT2D eigenvalue weighted by molar-refractivity contribution is 0.0521. The van der Waals surface area contributed by atoms with E-state index in [2.05, 4.69) is 25.5 Å². The standard InChI is InChI=1S/C16H16O8/c1-6-8-7-9(13(17)21-2)11(15(19)23-4)12(16(20)24-5)10(8)14(18)22-3/h6-7H,1H2,2-5H3. The lowest BCUT2D eigenvalue weighted by atomic mass is 9.91. The number of benzene rings is 1. The van der Waals surface area contributed by atoms with Crippen molar-refractivity contribution in [1.29, 1.82) is 0 Å². The van der Waals surface area contributed by atoms with E-state index in [1.54, 1.807) is 0 Å². The smallest absolute Gasteiger partial charge is 0.339 e. The summed E-state index contributed by atoms with van der Waals surface area (Å²) in [6.45, 7) is 3.53. The minimum absolute atomic E-state index is 0.0929. The maximum atomic E-state index is 12.2. The van der Waals surface area contributed by atoms with Crippen LogP contribution in [0.1, 0.15) is 47.0 Å². The van der Waals surface area contributed by atoms with Crippen molar-refractivity contribution < 1.29 is 38.1 Å². The number of carbonyl (C=O) groups is 4. The van der Waals surface area contributed by atoms with Crippen LogP contribution in [-0.4, -0.2) is 52.3 Å². The van der Waals surface area contributed by atoms with Crippen LogP contribution in [0.5, 0.6) is 0 Å². The van der Waals surface area contributed by atoms with Crippen LogP contribution in [0, 0.1) is 0 Å². The molecule has 0 heterocycles. The van der Waals surface area contributed by atoms with Gasteiger partial charge >= 0.3 is 23.9 Å². The van der Waals surface area contributed by atoms with E-state index in [1.165, 1.54) is 12.1 Å². The third kappa shape index (κ3) is 3.27. The second kappa shape index (κ2) is 7.91. The van der Waals surface area contributed by atoms with Gasteiger partial charge in [0, 0.05) is 0 Å². The molecule has 0 N–H and O–H groups in total. The Kier molecular flexibility index (Phi) is 6.22. The Hall–Kier alpha value is -3.16. The Morgan fingerprint density at radius 2 is 1.17 bits per heavy atom. The van der Waals surface area contributed by atoms with Crippen molar-refractivity contribution in [3.63, 3.8) is 0 Å². The number of carbonyl (C=O) groups excluding carboxylic acids is 4. The van der Waals surface area contributed by atoms with Crippen LogP contribution in [0.3, 0.4) is 0 Å². The first kappa shape index (κ1) is 18.9. The van der Waals surface area contributed by atoms with Gasteiger partial charge in [-0.3, -0.25) is 0 Å². The van der Waals surface area contributed by atoms with Crippen LogP contribution in [0.25, 0.3) is 6.08 Å². The fourth-order valence-electron chi connectivity index (χ4n) is 2.08. The maximum absolute atomic E-state index is 12.2.